The van der Waals surface area contributed by atoms with E-state index in [1.54, 1.807) is 12.3 Å². The minimum Gasteiger partial charge on any atom is -0.380 e. The number of hydrogen-bond acceptors (Lipinski definition) is 4. The average Bonchev–Trinajstić information content (AvgIpc) is 2.82. The van der Waals surface area contributed by atoms with Crippen LogP contribution >= 0.6 is 0 Å². The van der Waals surface area contributed by atoms with Gasteiger partial charge in [-0.05, 0) is 67.1 Å². The van der Waals surface area contributed by atoms with Crippen LogP contribution in [-0.2, 0) is 6.54 Å². The lowest BCUT2D eigenvalue weighted by molar-refractivity contribution is 0.628. The van der Waals surface area contributed by atoms with Crippen molar-refractivity contribution in [3.05, 3.63) is 108 Å². The third-order valence-corrected chi connectivity index (χ3v) is 5.35. The van der Waals surface area contributed by atoms with Gasteiger partial charge in [0.25, 0.3) is 0 Å². The molecule has 0 bridgehead atoms. The molecule has 0 fully saturated rings. The van der Waals surface area contributed by atoms with Gasteiger partial charge >= 0.3 is 0 Å². The summed E-state index contributed by atoms with van der Waals surface area (Å²) in [5.74, 6) is -0.265. The lowest BCUT2D eigenvalue weighted by Gasteiger charge is -2.11. The second-order valence-corrected chi connectivity index (χ2v) is 7.67. The van der Waals surface area contributed by atoms with Gasteiger partial charge in [-0.25, -0.2) is 9.37 Å². The maximum absolute atomic E-state index is 13.6. The van der Waals surface area contributed by atoms with Crippen LogP contribution in [0.1, 0.15) is 11.3 Å². The Morgan fingerprint density at radius 1 is 0.812 bits per heavy atom. The number of aryl methyl sites for hydroxylation is 1. The molecular formula is C27H21FN4. The van der Waals surface area contributed by atoms with Crippen LogP contribution in [0.2, 0.25) is 0 Å². The molecule has 2 aromatic carbocycles. The summed E-state index contributed by atoms with van der Waals surface area (Å²) in [6.45, 7) is 2.62. The zero-order chi connectivity index (χ0) is 21.9. The number of pyridine rings is 3. The van der Waals surface area contributed by atoms with Crippen molar-refractivity contribution in [1.29, 1.82) is 0 Å². The summed E-state index contributed by atoms with van der Waals surface area (Å²) >= 11 is 0. The van der Waals surface area contributed by atoms with Crippen molar-refractivity contribution in [3.63, 3.8) is 0 Å². The molecule has 5 rings (SSSR count). The Hall–Kier alpha value is -4.12. The second-order valence-electron chi connectivity index (χ2n) is 7.67. The van der Waals surface area contributed by atoms with E-state index in [0.717, 1.165) is 50.4 Å². The largest absolute Gasteiger partial charge is 0.380 e. The number of aromatic nitrogens is 3. The van der Waals surface area contributed by atoms with Crippen LogP contribution in [0.5, 0.6) is 0 Å². The highest BCUT2D eigenvalue weighted by Crippen LogP contribution is 2.27. The van der Waals surface area contributed by atoms with Gasteiger partial charge in [-0.15, -0.1) is 0 Å². The number of nitrogens with one attached hydrogen (secondary N) is 1. The molecule has 0 saturated carbocycles. The number of rotatable bonds is 5. The molecular weight excluding hydrogens is 399 g/mol. The van der Waals surface area contributed by atoms with Crippen LogP contribution in [0, 0.1) is 12.7 Å². The van der Waals surface area contributed by atoms with Gasteiger partial charge in [0, 0.05) is 46.8 Å². The minimum atomic E-state index is -0.265. The average molecular weight is 420 g/mol. The molecule has 0 atom stereocenters. The SMILES string of the molecule is Cc1cc(-c2ccc(CNc3cccc4nc(-c5cccc(F)c5)ccc34)cn2)ccn1. The van der Waals surface area contributed by atoms with Gasteiger partial charge in [-0.2, -0.15) is 0 Å². The number of anilines is 1. The molecule has 0 spiro atoms. The van der Waals surface area contributed by atoms with Crippen molar-refractivity contribution in [1.82, 2.24) is 15.0 Å². The Balaban J connectivity index is 1.35. The van der Waals surface area contributed by atoms with E-state index >= 15 is 0 Å². The van der Waals surface area contributed by atoms with E-state index in [1.807, 2.05) is 67.7 Å². The van der Waals surface area contributed by atoms with Gasteiger partial charge in [-0.1, -0.05) is 24.3 Å². The predicted octanol–water partition coefficient (Wildman–Crippen LogP) is 6.42. The lowest BCUT2D eigenvalue weighted by atomic mass is 10.1. The zero-order valence-electron chi connectivity index (χ0n) is 17.6. The van der Waals surface area contributed by atoms with Crippen molar-refractivity contribution in [3.8, 4) is 22.5 Å². The van der Waals surface area contributed by atoms with E-state index < -0.39 is 0 Å². The molecule has 3 heterocycles. The monoisotopic (exact) mass is 420 g/mol. The summed E-state index contributed by atoms with van der Waals surface area (Å²) in [6, 6.07) is 24.5. The van der Waals surface area contributed by atoms with E-state index in [0.29, 0.717) is 6.54 Å². The highest BCUT2D eigenvalue weighted by molar-refractivity contribution is 5.92. The van der Waals surface area contributed by atoms with E-state index in [1.165, 1.54) is 12.1 Å². The van der Waals surface area contributed by atoms with E-state index in [-0.39, 0.29) is 5.82 Å². The maximum Gasteiger partial charge on any atom is 0.123 e. The second kappa shape index (κ2) is 8.55. The molecule has 0 aliphatic carbocycles. The highest BCUT2D eigenvalue weighted by atomic mass is 19.1. The molecule has 4 nitrogen and oxygen atoms in total. The summed E-state index contributed by atoms with van der Waals surface area (Å²) < 4.78 is 13.6. The summed E-state index contributed by atoms with van der Waals surface area (Å²) in [5, 5.41) is 4.51. The number of benzene rings is 2. The van der Waals surface area contributed by atoms with Crippen molar-refractivity contribution in [2.45, 2.75) is 13.5 Å². The molecule has 0 aliphatic heterocycles. The summed E-state index contributed by atoms with van der Waals surface area (Å²) in [5.41, 5.74) is 7.42. The van der Waals surface area contributed by atoms with Gasteiger partial charge in [0.1, 0.15) is 5.82 Å². The molecule has 0 radical (unpaired) electrons. The Bertz CT molecular complexity index is 1400. The van der Waals surface area contributed by atoms with Crippen molar-refractivity contribution in [2.24, 2.45) is 0 Å². The van der Waals surface area contributed by atoms with Crippen molar-refractivity contribution >= 4 is 16.6 Å². The van der Waals surface area contributed by atoms with E-state index in [4.69, 9.17) is 4.98 Å². The van der Waals surface area contributed by atoms with Crippen LogP contribution in [0.15, 0.2) is 91.3 Å². The van der Waals surface area contributed by atoms with Crippen LogP contribution in [0.3, 0.4) is 0 Å². The van der Waals surface area contributed by atoms with E-state index in [2.05, 4.69) is 21.4 Å². The normalized spacial score (nSPS) is 10.9. The molecule has 1 N–H and O–H groups in total. The molecule has 0 aliphatic rings. The first-order valence-electron chi connectivity index (χ1n) is 10.4. The van der Waals surface area contributed by atoms with Gasteiger partial charge in [0.2, 0.25) is 0 Å². The number of fused-ring (bicyclic) bond motifs is 1. The molecule has 156 valence electrons. The van der Waals surface area contributed by atoms with Crippen LogP contribution in [0.4, 0.5) is 10.1 Å². The Morgan fingerprint density at radius 3 is 2.47 bits per heavy atom. The lowest BCUT2D eigenvalue weighted by Crippen LogP contribution is -2.01. The topological polar surface area (TPSA) is 50.7 Å². The first kappa shape index (κ1) is 19.8. The first-order valence-corrected chi connectivity index (χ1v) is 10.4. The maximum atomic E-state index is 13.6. The zero-order valence-corrected chi connectivity index (χ0v) is 17.6. The highest BCUT2D eigenvalue weighted by Gasteiger charge is 2.07. The Morgan fingerprint density at radius 2 is 1.66 bits per heavy atom. The fourth-order valence-electron chi connectivity index (χ4n) is 3.72. The van der Waals surface area contributed by atoms with Crippen LogP contribution in [0.25, 0.3) is 33.4 Å². The van der Waals surface area contributed by atoms with Crippen molar-refractivity contribution in [2.75, 3.05) is 5.32 Å². The summed E-state index contributed by atoms with van der Waals surface area (Å²) in [7, 11) is 0. The summed E-state index contributed by atoms with van der Waals surface area (Å²) in [6.07, 6.45) is 3.69. The minimum absolute atomic E-state index is 0.265. The van der Waals surface area contributed by atoms with Crippen LogP contribution < -0.4 is 5.32 Å². The number of halogens is 1. The fraction of sp³-hybridized carbons (Fsp3) is 0.0741. The molecule has 32 heavy (non-hydrogen) atoms. The number of nitrogens with zero attached hydrogens (tertiary/aromatic N) is 3. The third-order valence-electron chi connectivity index (χ3n) is 5.35. The fourth-order valence-corrected chi connectivity index (χ4v) is 3.72. The van der Waals surface area contributed by atoms with E-state index in [9.17, 15) is 4.39 Å². The third kappa shape index (κ3) is 4.18. The Kier molecular flexibility index (Phi) is 5.30. The van der Waals surface area contributed by atoms with Gasteiger partial charge in [-0.3, -0.25) is 9.97 Å². The quantitative estimate of drug-likeness (QED) is 0.356. The summed E-state index contributed by atoms with van der Waals surface area (Å²) in [4.78, 5) is 13.6. The smallest absolute Gasteiger partial charge is 0.123 e. The predicted molar refractivity (Wildman–Crippen MR) is 127 cm³/mol. The molecule has 0 unspecified atom stereocenters. The van der Waals surface area contributed by atoms with Gasteiger partial charge in [0.15, 0.2) is 0 Å². The van der Waals surface area contributed by atoms with Gasteiger partial charge in [0.05, 0.1) is 16.9 Å². The first-order chi connectivity index (χ1) is 15.7. The molecule has 0 saturated heterocycles. The van der Waals surface area contributed by atoms with Gasteiger partial charge < -0.3 is 5.32 Å². The van der Waals surface area contributed by atoms with Crippen LogP contribution in [-0.4, -0.2) is 15.0 Å². The molecule has 5 heteroatoms. The number of hydrogen-bond donors (Lipinski definition) is 1. The van der Waals surface area contributed by atoms with Crippen molar-refractivity contribution < 1.29 is 4.39 Å². The molecule has 5 aromatic rings. The standard InChI is InChI=1S/C27H21FN4/c1-18-14-21(12-13-29-18)24-10-8-19(16-30-24)17-31-26-6-3-7-27-23(26)9-11-25(32-27)20-4-2-5-22(28)15-20/h2-16,31H,17H2,1H3. The molecule has 3 aromatic heterocycles. The Labute approximate surface area is 185 Å². The molecule has 0 amide bonds.